The Morgan fingerprint density at radius 1 is 1.18 bits per heavy atom. The summed E-state index contributed by atoms with van der Waals surface area (Å²) in [5.41, 5.74) is 1.33. The van der Waals surface area contributed by atoms with Crippen LogP contribution in [0.15, 0.2) is 24.5 Å². The first-order chi connectivity index (χ1) is 8.29. The van der Waals surface area contributed by atoms with Crippen LogP contribution in [-0.4, -0.2) is 31.3 Å². The minimum absolute atomic E-state index is 0.731. The number of rotatable bonds is 9. The summed E-state index contributed by atoms with van der Waals surface area (Å²) in [6.45, 7) is 8.06. The van der Waals surface area contributed by atoms with Gasteiger partial charge < -0.3 is 10.1 Å². The van der Waals surface area contributed by atoms with E-state index in [1.165, 1.54) is 5.56 Å². The number of hydrogen-bond donors (Lipinski definition) is 1. The van der Waals surface area contributed by atoms with Crippen molar-refractivity contribution in [3.8, 4) is 0 Å². The second-order valence-corrected chi connectivity index (χ2v) is 4.65. The average molecular weight is 236 g/mol. The van der Waals surface area contributed by atoms with Crippen molar-refractivity contribution in [1.29, 1.82) is 0 Å². The molecular formula is C14H24N2O. The quantitative estimate of drug-likeness (QED) is 0.668. The topological polar surface area (TPSA) is 34.1 Å². The Balaban J connectivity index is 1.88. The van der Waals surface area contributed by atoms with Crippen molar-refractivity contribution in [1.82, 2.24) is 10.3 Å². The highest BCUT2D eigenvalue weighted by Gasteiger charge is 1.94. The molecule has 0 aliphatic heterocycles. The Labute approximate surface area is 105 Å². The smallest absolute Gasteiger partial charge is 0.0590 e. The molecule has 3 nitrogen and oxygen atoms in total. The second-order valence-electron chi connectivity index (χ2n) is 4.65. The largest absolute Gasteiger partial charge is 0.380 e. The van der Waals surface area contributed by atoms with Crippen LogP contribution in [0.4, 0.5) is 0 Å². The third-order valence-electron chi connectivity index (χ3n) is 2.60. The summed E-state index contributed by atoms with van der Waals surface area (Å²) in [5, 5.41) is 3.38. The molecule has 0 saturated carbocycles. The maximum Gasteiger partial charge on any atom is 0.0590 e. The molecule has 1 rings (SSSR count). The van der Waals surface area contributed by atoms with Crippen molar-refractivity contribution in [2.24, 2.45) is 5.92 Å². The predicted molar refractivity (Wildman–Crippen MR) is 71.1 cm³/mol. The lowest BCUT2D eigenvalue weighted by Gasteiger charge is -2.07. The van der Waals surface area contributed by atoms with Crippen LogP contribution >= 0.6 is 0 Å². The molecule has 0 fully saturated rings. The van der Waals surface area contributed by atoms with Gasteiger partial charge in [0.25, 0.3) is 0 Å². The van der Waals surface area contributed by atoms with Crippen LogP contribution in [0.1, 0.15) is 25.8 Å². The van der Waals surface area contributed by atoms with Crippen LogP contribution in [0, 0.1) is 5.92 Å². The fourth-order valence-electron chi connectivity index (χ4n) is 1.47. The van der Waals surface area contributed by atoms with Gasteiger partial charge in [-0.1, -0.05) is 13.8 Å². The third kappa shape index (κ3) is 7.88. The zero-order valence-corrected chi connectivity index (χ0v) is 11.0. The highest BCUT2D eigenvalue weighted by Crippen LogP contribution is 1.98. The first kappa shape index (κ1) is 14.1. The fourth-order valence-corrected chi connectivity index (χ4v) is 1.47. The maximum atomic E-state index is 5.52. The van der Waals surface area contributed by atoms with Gasteiger partial charge in [0, 0.05) is 25.5 Å². The van der Waals surface area contributed by atoms with Gasteiger partial charge in [-0.2, -0.15) is 0 Å². The van der Waals surface area contributed by atoms with E-state index < -0.39 is 0 Å². The van der Waals surface area contributed by atoms with Crippen molar-refractivity contribution in [2.75, 3.05) is 26.3 Å². The molecule has 0 aliphatic rings. The summed E-state index contributed by atoms with van der Waals surface area (Å²) in [4.78, 5) is 4.00. The Morgan fingerprint density at radius 3 is 2.65 bits per heavy atom. The van der Waals surface area contributed by atoms with Crippen molar-refractivity contribution in [3.05, 3.63) is 30.1 Å². The van der Waals surface area contributed by atoms with E-state index in [9.17, 15) is 0 Å². The molecule has 1 aromatic heterocycles. The Bertz CT molecular complexity index is 275. The third-order valence-corrected chi connectivity index (χ3v) is 2.60. The second kappa shape index (κ2) is 9.14. The van der Waals surface area contributed by atoms with E-state index in [0.29, 0.717) is 0 Å². The number of aromatic nitrogens is 1. The first-order valence-electron chi connectivity index (χ1n) is 6.46. The number of nitrogens with one attached hydrogen (secondary N) is 1. The van der Waals surface area contributed by atoms with Gasteiger partial charge in [0.2, 0.25) is 0 Å². The molecule has 1 heterocycles. The van der Waals surface area contributed by atoms with Gasteiger partial charge in [-0.3, -0.25) is 4.98 Å². The van der Waals surface area contributed by atoms with Gasteiger partial charge in [-0.25, -0.2) is 0 Å². The van der Waals surface area contributed by atoms with E-state index in [1.807, 2.05) is 12.4 Å². The van der Waals surface area contributed by atoms with Gasteiger partial charge in [0.15, 0.2) is 0 Å². The summed E-state index contributed by atoms with van der Waals surface area (Å²) < 4.78 is 5.52. The van der Waals surface area contributed by atoms with Crippen LogP contribution in [0.5, 0.6) is 0 Å². The molecule has 0 radical (unpaired) electrons. The van der Waals surface area contributed by atoms with Crippen molar-refractivity contribution in [3.63, 3.8) is 0 Å². The molecule has 96 valence electrons. The van der Waals surface area contributed by atoms with Gasteiger partial charge in [0.1, 0.15) is 0 Å². The molecule has 0 aliphatic carbocycles. The minimum atomic E-state index is 0.731. The monoisotopic (exact) mass is 236 g/mol. The van der Waals surface area contributed by atoms with Crippen LogP contribution < -0.4 is 5.32 Å². The Hall–Kier alpha value is -0.930. The van der Waals surface area contributed by atoms with Crippen LogP contribution in [0.25, 0.3) is 0 Å². The zero-order valence-electron chi connectivity index (χ0n) is 11.0. The average Bonchev–Trinajstić information content (AvgIpc) is 2.33. The van der Waals surface area contributed by atoms with Crippen LogP contribution in [0.3, 0.4) is 0 Å². The molecule has 0 amide bonds. The molecule has 0 spiro atoms. The summed E-state index contributed by atoms with van der Waals surface area (Å²) in [5.74, 6) is 0.731. The van der Waals surface area contributed by atoms with Gasteiger partial charge in [-0.05, 0) is 43.0 Å². The van der Waals surface area contributed by atoms with Gasteiger partial charge in [0.05, 0.1) is 6.61 Å². The molecule has 1 N–H and O–H groups in total. The van der Waals surface area contributed by atoms with E-state index in [1.54, 1.807) is 0 Å². The molecule has 0 bridgehead atoms. The van der Waals surface area contributed by atoms with Crippen molar-refractivity contribution < 1.29 is 4.74 Å². The zero-order chi connectivity index (χ0) is 12.3. The van der Waals surface area contributed by atoms with Gasteiger partial charge in [-0.15, -0.1) is 0 Å². The lowest BCUT2D eigenvalue weighted by molar-refractivity contribution is 0.125. The standard InChI is InChI=1S/C14H24N2O/c1-13(2)6-11-17-12-10-16-9-5-14-3-7-15-8-4-14/h3-4,7-8,13,16H,5-6,9-12H2,1-2H3. The number of pyridine rings is 1. The van der Waals surface area contributed by atoms with Crippen molar-refractivity contribution >= 4 is 0 Å². The van der Waals surface area contributed by atoms with E-state index >= 15 is 0 Å². The molecule has 17 heavy (non-hydrogen) atoms. The molecule has 3 heteroatoms. The SMILES string of the molecule is CC(C)CCOCCNCCc1ccncc1. The molecule has 0 atom stereocenters. The molecule has 0 saturated heterocycles. The number of nitrogens with zero attached hydrogens (tertiary/aromatic N) is 1. The summed E-state index contributed by atoms with van der Waals surface area (Å²) in [6.07, 6.45) is 5.88. The summed E-state index contributed by atoms with van der Waals surface area (Å²) in [7, 11) is 0. The summed E-state index contributed by atoms with van der Waals surface area (Å²) in [6, 6.07) is 4.11. The van der Waals surface area contributed by atoms with E-state index in [-0.39, 0.29) is 0 Å². The molecule has 0 unspecified atom stereocenters. The number of ether oxygens (including phenoxy) is 1. The lowest BCUT2D eigenvalue weighted by atomic mass is 10.1. The number of hydrogen-bond acceptors (Lipinski definition) is 3. The molecule has 1 aromatic rings. The Kier molecular flexibility index (Phi) is 7.60. The molecular weight excluding hydrogens is 212 g/mol. The molecule has 0 aromatic carbocycles. The van der Waals surface area contributed by atoms with E-state index in [0.717, 1.165) is 45.1 Å². The Morgan fingerprint density at radius 2 is 1.94 bits per heavy atom. The minimum Gasteiger partial charge on any atom is -0.380 e. The summed E-state index contributed by atoms with van der Waals surface area (Å²) >= 11 is 0. The van der Waals surface area contributed by atoms with Crippen LogP contribution in [0.2, 0.25) is 0 Å². The first-order valence-corrected chi connectivity index (χ1v) is 6.46. The normalized spacial score (nSPS) is 11.0. The maximum absolute atomic E-state index is 5.52. The van der Waals surface area contributed by atoms with E-state index in [2.05, 4.69) is 36.3 Å². The highest BCUT2D eigenvalue weighted by molar-refractivity contribution is 5.09. The van der Waals surface area contributed by atoms with E-state index in [4.69, 9.17) is 4.74 Å². The fraction of sp³-hybridized carbons (Fsp3) is 0.643. The predicted octanol–water partition coefficient (Wildman–Crippen LogP) is 2.28. The van der Waals surface area contributed by atoms with Gasteiger partial charge >= 0.3 is 0 Å². The van der Waals surface area contributed by atoms with Crippen LogP contribution in [-0.2, 0) is 11.2 Å². The highest BCUT2D eigenvalue weighted by atomic mass is 16.5. The lowest BCUT2D eigenvalue weighted by Crippen LogP contribution is -2.22. The van der Waals surface area contributed by atoms with Crippen molar-refractivity contribution in [2.45, 2.75) is 26.7 Å².